The van der Waals surface area contributed by atoms with Crippen LogP contribution in [0.2, 0.25) is 0 Å². The second-order valence-electron chi connectivity index (χ2n) is 6.42. The van der Waals surface area contributed by atoms with E-state index in [1.54, 1.807) is 0 Å². The third-order valence-corrected chi connectivity index (χ3v) is 4.67. The molecule has 0 aliphatic carbocycles. The normalized spacial score (nSPS) is 22.9. The molecule has 6 nitrogen and oxygen atoms in total. The number of amides is 1. The van der Waals surface area contributed by atoms with Crippen molar-refractivity contribution in [2.45, 2.75) is 64.6 Å². The van der Waals surface area contributed by atoms with Crippen LogP contribution in [0.25, 0.3) is 0 Å². The van der Waals surface area contributed by atoms with Crippen molar-refractivity contribution >= 4 is 11.9 Å². The van der Waals surface area contributed by atoms with Gasteiger partial charge in [-0.05, 0) is 53.1 Å². The van der Waals surface area contributed by atoms with Crippen LogP contribution in [-0.2, 0) is 9.59 Å². The molecule has 0 spiro atoms. The molecule has 22 heavy (non-hydrogen) atoms. The van der Waals surface area contributed by atoms with Gasteiger partial charge in [-0.3, -0.25) is 19.4 Å². The lowest BCUT2D eigenvalue weighted by molar-refractivity contribution is -0.138. The Hall–Kier alpha value is -1.14. The van der Waals surface area contributed by atoms with E-state index in [2.05, 4.69) is 17.1 Å². The summed E-state index contributed by atoms with van der Waals surface area (Å²) in [5, 5.41) is 11.9. The molecule has 1 amide bonds. The highest BCUT2D eigenvalue weighted by Gasteiger charge is 2.27. The lowest BCUT2D eigenvalue weighted by Gasteiger charge is -2.29. The van der Waals surface area contributed by atoms with E-state index in [0.717, 1.165) is 38.8 Å². The minimum Gasteiger partial charge on any atom is -0.480 e. The van der Waals surface area contributed by atoms with E-state index < -0.39 is 5.97 Å². The average molecular weight is 313 g/mol. The Morgan fingerprint density at radius 2 is 2.00 bits per heavy atom. The van der Waals surface area contributed by atoms with Gasteiger partial charge in [0.25, 0.3) is 0 Å². The van der Waals surface area contributed by atoms with Crippen molar-refractivity contribution in [3.8, 4) is 0 Å². The number of carboxylic acids is 1. The molecule has 0 bridgehead atoms. The van der Waals surface area contributed by atoms with E-state index in [9.17, 15) is 9.59 Å². The van der Waals surface area contributed by atoms with Crippen molar-refractivity contribution in [1.29, 1.82) is 0 Å². The summed E-state index contributed by atoms with van der Waals surface area (Å²) in [5.41, 5.74) is 0. The molecule has 1 fully saturated rings. The van der Waals surface area contributed by atoms with E-state index >= 15 is 0 Å². The molecule has 0 aromatic carbocycles. The summed E-state index contributed by atoms with van der Waals surface area (Å²) in [6.07, 6.45) is 3.82. The van der Waals surface area contributed by atoms with Gasteiger partial charge in [0.2, 0.25) is 5.91 Å². The highest BCUT2D eigenvalue weighted by Crippen LogP contribution is 2.17. The standard InChI is InChI=1S/C16H31N3O3/c1-5-12(2)17-16(22)13(3)19-9-6-7-14(8-10-19)18(4)11-15(20)21/h12-14H,5-11H2,1-4H3,(H,17,22)(H,20,21). The van der Waals surface area contributed by atoms with Gasteiger partial charge < -0.3 is 10.4 Å². The van der Waals surface area contributed by atoms with Crippen molar-refractivity contribution < 1.29 is 14.7 Å². The highest BCUT2D eigenvalue weighted by atomic mass is 16.4. The maximum absolute atomic E-state index is 12.2. The Morgan fingerprint density at radius 1 is 1.32 bits per heavy atom. The summed E-state index contributed by atoms with van der Waals surface area (Å²) in [7, 11) is 1.87. The highest BCUT2D eigenvalue weighted by molar-refractivity contribution is 5.81. The third-order valence-electron chi connectivity index (χ3n) is 4.67. The Labute approximate surface area is 133 Å². The lowest BCUT2D eigenvalue weighted by atomic mass is 10.1. The maximum Gasteiger partial charge on any atom is 0.317 e. The molecule has 1 heterocycles. The first kappa shape index (κ1) is 18.9. The molecule has 1 saturated heterocycles. The molecule has 2 N–H and O–H groups in total. The van der Waals surface area contributed by atoms with Crippen LogP contribution in [0.3, 0.4) is 0 Å². The number of carboxylic acid groups (broad SMARTS) is 1. The molecule has 1 aliphatic rings. The predicted molar refractivity (Wildman–Crippen MR) is 86.8 cm³/mol. The van der Waals surface area contributed by atoms with Gasteiger partial charge in [0.15, 0.2) is 0 Å². The average Bonchev–Trinajstić information content (AvgIpc) is 2.71. The van der Waals surface area contributed by atoms with Gasteiger partial charge in [-0.1, -0.05) is 6.92 Å². The van der Waals surface area contributed by atoms with Gasteiger partial charge in [0, 0.05) is 18.6 Å². The number of hydrogen-bond donors (Lipinski definition) is 2. The number of nitrogens with one attached hydrogen (secondary N) is 1. The molecule has 1 rings (SSSR count). The van der Waals surface area contributed by atoms with Crippen molar-refractivity contribution in [1.82, 2.24) is 15.1 Å². The van der Waals surface area contributed by atoms with Gasteiger partial charge in [-0.2, -0.15) is 0 Å². The van der Waals surface area contributed by atoms with Crippen LogP contribution in [0.1, 0.15) is 46.5 Å². The summed E-state index contributed by atoms with van der Waals surface area (Å²) < 4.78 is 0. The number of carbonyl (C=O) groups excluding carboxylic acids is 1. The van der Waals surface area contributed by atoms with Gasteiger partial charge in [0.1, 0.15) is 0 Å². The first-order chi connectivity index (χ1) is 10.3. The summed E-state index contributed by atoms with van der Waals surface area (Å²) in [6.45, 7) is 7.85. The molecule has 0 aromatic heterocycles. The number of nitrogens with zero attached hydrogens (tertiary/aromatic N) is 2. The van der Waals surface area contributed by atoms with Crippen LogP contribution in [0, 0.1) is 0 Å². The molecule has 0 saturated carbocycles. The zero-order chi connectivity index (χ0) is 16.7. The van der Waals surface area contributed by atoms with Crippen LogP contribution < -0.4 is 5.32 Å². The van der Waals surface area contributed by atoms with E-state index in [1.807, 2.05) is 25.8 Å². The van der Waals surface area contributed by atoms with Crippen molar-refractivity contribution in [2.75, 3.05) is 26.7 Å². The smallest absolute Gasteiger partial charge is 0.317 e. The van der Waals surface area contributed by atoms with Crippen LogP contribution in [0.4, 0.5) is 0 Å². The first-order valence-electron chi connectivity index (χ1n) is 8.31. The largest absolute Gasteiger partial charge is 0.480 e. The Bertz CT molecular complexity index is 376. The summed E-state index contributed by atoms with van der Waals surface area (Å²) >= 11 is 0. The number of likely N-dealkylation sites (tertiary alicyclic amines) is 1. The molecule has 3 atom stereocenters. The quantitative estimate of drug-likeness (QED) is 0.738. The number of likely N-dealkylation sites (N-methyl/N-ethyl adjacent to an activating group) is 1. The molecule has 1 aliphatic heterocycles. The molecule has 0 aromatic rings. The van der Waals surface area contributed by atoms with Crippen molar-refractivity contribution in [3.63, 3.8) is 0 Å². The van der Waals surface area contributed by atoms with E-state index in [1.165, 1.54) is 0 Å². The van der Waals surface area contributed by atoms with Crippen LogP contribution >= 0.6 is 0 Å². The van der Waals surface area contributed by atoms with Crippen LogP contribution in [-0.4, -0.2) is 71.6 Å². The van der Waals surface area contributed by atoms with E-state index in [0.29, 0.717) is 0 Å². The fourth-order valence-corrected chi connectivity index (χ4v) is 2.90. The fourth-order valence-electron chi connectivity index (χ4n) is 2.90. The number of carbonyl (C=O) groups is 2. The van der Waals surface area contributed by atoms with Crippen LogP contribution in [0.15, 0.2) is 0 Å². The second-order valence-corrected chi connectivity index (χ2v) is 6.42. The van der Waals surface area contributed by atoms with Gasteiger partial charge in [0.05, 0.1) is 12.6 Å². The minimum absolute atomic E-state index is 0.0781. The number of aliphatic carboxylic acids is 1. The van der Waals surface area contributed by atoms with Crippen molar-refractivity contribution in [3.05, 3.63) is 0 Å². The topological polar surface area (TPSA) is 72.9 Å². The predicted octanol–water partition coefficient (Wildman–Crippen LogP) is 1.16. The molecule has 0 radical (unpaired) electrons. The monoisotopic (exact) mass is 313 g/mol. The molecule has 3 unspecified atom stereocenters. The third kappa shape index (κ3) is 5.93. The SMILES string of the molecule is CCC(C)NC(=O)C(C)N1CCCC(N(C)CC(=O)O)CC1. The van der Waals surface area contributed by atoms with Gasteiger partial charge in [-0.15, -0.1) is 0 Å². The summed E-state index contributed by atoms with van der Waals surface area (Å²) in [6, 6.07) is 0.361. The minimum atomic E-state index is -0.787. The molecular formula is C16H31N3O3. The van der Waals surface area contributed by atoms with Gasteiger partial charge in [-0.25, -0.2) is 0 Å². The first-order valence-corrected chi connectivity index (χ1v) is 8.31. The summed E-state index contributed by atoms with van der Waals surface area (Å²) in [4.78, 5) is 27.2. The second kappa shape index (κ2) is 9.10. The summed E-state index contributed by atoms with van der Waals surface area (Å²) in [5.74, 6) is -0.698. The Kier molecular flexibility index (Phi) is 7.82. The van der Waals surface area contributed by atoms with Crippen molar-refractivity contribution in [2.24, 2.45) is 0 Å². The molecule has 6 heteroatoms. The Morgan fingerprint density at radius 3 is 2.59 bits per heavy atom. The lowest BCUT2D eigenvalue weighted by Crippen LogP contribution is -2.48. The fraction of sp³-hybridized carbons (Fsp3) is 0.875. The molecule has 128 valence electrons. The number of hydrogen-bond acceptors (Lipinski definition) is 4. The van der Waals surface area contributed by atoms with Gasteiger partial charge >= 0.3 is 5.97 Å². The van der Waals surface area contributed by atoms with E-state index in [4.69, 9.17) is 5.11 Å². The maximum atomic E-state index is 12.2. The Balaban J connectivity index is 2.51. The zero-order valence-electron chi connectivity index (χ0n) is 14.3. The zero-order valence-corrected chi connectivity index (χ0v) is 14.3. The molecular weight excluding hydrogens is 282 g/mol. The van der Waals surface area contributed by atoms with Crippen LogP contribution in [0.5, 0.6) is 0 Å². The van der Waals surface area contributed by atoms with E-state index in [-0.39, 0.29) is 30.6 Å². The number of rotatable bonds is 7.